The standard InChI is InChI=1S/C31H48N4/c1-26(2)30(5)16-11-10-15-29(30)33(6)19-20-35-23-21-34(22-24-35)18-12-17-31(25-32,27(3)4)28-13-8-7-9-14-28/h7-11,13-15,26-27H,12,16-24H2,1-6H3. The average Bonchev–Trinajstić information content (AvgIpc) is 2.86. The van der Waals surface area contributed by atoms with E-state index in [1.54, 1.807) is 0 Å². The molecule has 1 aliphatic heterocycles. The third-order valence-electron chi connectivity index (χ3n) is 8.94. The molecule has 0 spiro atoms. The summed E-state index contributed by atoms with van der Waals surface area (Å²) in [4.78, 5) is 7.71. The first kappa shape index (κ1) is 27.5. The van der Waals surface area contributed by atoms with Crippen LogP contribution >= 0.6 is 0 Å². The van der Waals surface area contributed by atoms with Gasteiger partial charge >= 0.3 is 0 Å². The molecule has 4 nitrogen and oxygen atoms in total. The number of hydrogen-bond acceptors (Lipinski definition) is 4. The predicted molar refractivity (Wildman–Crippen MR) is 148 cm³/mol. The van der Waals surface area contributed by atoms with Gasteiger partial charge < -0.3 is 9.80 Å². The summed E-state index contributed by atoms with van der Waals surface area (Å²) in [6, 6.07) is 13.1. The molecule has 3 rings (SSSR count). The summed E-state index contributed by atoms with van der Waals surface area (Å²) in [5.41, 5.74) is 2.50. The number of benzene rings is 1. The minimum atomic E-state index is -0.388. The van der Waals surface area contributed by atoms with Crippen molar-refractivity contribution in [1.82, 2.24) is 14.7 Å². The first-order chi connectivity index (χ1) is 16.7. The van der Waals surface area contributed by atoms with E-state index in [0.29, 0.717) is 11.8 Å². The van der Waals surface area contributed by atoms with Gasteiger partial charge in [0.15, 0.2) is 0 Å². The lowest BCUT2D eigenvalue weighted by molar-refractivity contribution is 0.116. The Morgan fingerprint density at radius 1 is 1.03 bits per heavy atom. The minimum absolute atomic E-state index is 0.233. The molecule has 0 bridgehead atoms. The van der Waals surface area contributed by atoms with Gasteiger partial charge in [0.2, 0.25) is 0 Å². The van der Waals surface area contributed by atoms with Crippen LogP contribution in [0.1, 0.15) is 59.4 Å². The molecular weight excluding hydrogens is 428 g/mol. The number of piperazine rings is 1. The summed E-state index contributed by atoms with van der Waals surface area (Å²) >= 11 is 0. The first-order valence-electron chi connectivity index (χ1n) is 13.7. The highest BCUT2D eigenvalue weighted by molar-refractivity contribution is 5.33. The number of nitriles is 1. The van der Waals surface area contributed by atoms with Crippen LogP contribution in [0.25, 0.3) is 0 Å². The van der Waals surface area contributed by atoms with E-state index in [0.717, 1.165) is 65.1 Å². The lowest BCUT2D eigenvalue weighted by Crippen LogP contribution is -2.49. The lowest BCUT2D eigenvalue weighted by atomic mass is 9.70. The van der Waals surface area contributed by atoms with Gasteiger partial charge in [0, 0.05) is 57.4 Å². The normalized spacial score (nSPS) is 23.2. The molecule has 2 aliphatic rings. The van der Waals surface area contributed by atoms with Gasteiger partial charge in [0.05, 0.1) is 11.5 Å². The Morgan fingerprint density at radius 2 is 1.66 bits per heavy atom. The highest BCUT2D eigenvalue weighted by Gasteiger charge is 2.36. The second kappa shape index (κ2) is 12.2. The molecule has 0 N–H and O–H groups in total. The maximum absolute atomic E-state index is 10.2. The SMILES string of the molecule is CC(C)C1(C)CC=CC=C1N(C)CCN1CCN(CCCC(C#N)(c2ccccc2)C(C)C)CC1. The largest absolute Gasteiger partial charge is 0.376 e. The van der Waals surface area contributed by atoms with Gasteiger partial charge in [0.1, 0.15) is 0 Å². The molecule has 0 amide bonds. The lowest BCUT2D eigenvalue weighted by Gasteiger charge is -2.43. The number of rotatable bonds is 11. The molecule has 1 saturated heterocycles. The van der Waals surface area contributed by atoms with Gasteiger partial charge in [-0.2, -0.15) is 5.26 Å². The molecule has 35 heavy (non-hydrogen) atoms. The Kier molecular flexibility index (Phi) is 9.62. The first-order valence-corrected chi connectivity index (χ1v) is 13.7. The van der Waals surface area contributed by atoms with E-state index in [1.165, 1.54) is 11.3 Å². The van der Waals surface area contributed by atoms with Crippen molar-refractivity contribution in [2.75, 3.05) is 52.9 Å². The topological polar surface area (TPSA) is 33.5 Å². The summed E-state index contributed by atoms with van der Waals surface area (Å²) in [6.45, 7) is 19.3. The van der Waals surface area contributed by atoms with Gasteiger partial charge in [-0.1, -0.05) is 77.1 Å². The third kappa shape index (κ3) is 6.38. The van der Waals surface area contributed by atoms with Crippen LogP contribution < -0.4 is 0 Å². The molecule has 0 saturated carbocycles. The van der Waals surface area contributed by atoms with Gasteiger partial charge in [-0.25, -0.2) is 0 Å². The van der Waals surface area contributed by atoms with Crippen LogP contribution in [-0.2, 0) is 5.41 Å². The van der Waals surface area contributed by atoms with Crippen LogP contribution in [0.5, 0.6) is 0 Å². The van der Waals surface area contributed by atoms with E-state index in [2.05, 4.69) is 105 Å². The van der Waals surface area contributed by atoms with E-state index in [-0.39, 0.29) is 10.8 Å². The van der Waals surface area contributed by atoms with Crippen molar-refractivity contribution in [2.24, 2.45) is 17.3 Å². The maximum Gasteiger partial charge on any atom is 0.0845 e. The van der Waals surface area contributed by atoms with Crippen LogP contribution in [-0.4, -0.2) is 67.6 Å². The van der Waals surface area contributed by atoms with Gasteiger partial charge in [-0.3, -0.25) is 4.90 Å². The smallest absolute Gasteiger partial charge is 0.0845 e. The maximum atomic E-state index is 10.2. The van der Waals surface area contributed by atoms with Crippen LogP contribution in [0, 0.1) is 28.6 Å². The van der Waals surface area contributed by atoms with Crippen LogP contribution in [0.4, 0.5) is 0 Å². The van der Waals surface area contributed by atoms with Crippen molar-refractivity contribution >= 4 is 0 Å². The fraction of sp³-hybridized carbons (Fsp3) is 0.645. The zero-order chi connectivity index (χ0) is 25.5. The van der Waals surface area contributed by atoms with Crippen molar-refractivity contribution in [1.29, 1.82) is 5.26 Å². The van der Waals surface area contributed by atoms with E-state index in [4.69, 9.17) is 0 Å². The van der Waals surface area contributed by atoms with Crippen LogP contribution in [0.15, 0.2) is 54.3 Å². The third-order valence-corrected chi connectivity index (χ3v) is 8.94. The Bertz CT molecular complexity index is 888. The highest BCUT2D eigenvalue weighted by atomic mass is 15.3. The molecule has 192 valence electrons. The Hall–Kier alpha value is -2.09. The molecule has 1 fully saturated rings. The van der Waals surface area contributed by atoms with Crippen molar-refractivity contribution in [3.8, 4) is 6.07 Å². The molecular formula is C31H48N4. The van der Waals surface area contributed by atoms with Gasteiger partial charge in [0.25, 0.3) is 0 Å². The van der Waals surface area contributed by atoms with Gasteiger partial charge in [-0.05, 0) is 49.3 Å². The van der Waals surface area contributed by atoms with Crippen molar-refractivity contribution < 1.29 is 0 Å². The summed E-state index contributed by atoms with van der Waals surface area (Å²) in [5, 5.41) is 10.2. The molecule has 2 atom stereocenters. The van der Waals surface area contributed by atoms with Gasteiger partial charge in [-0.15, -0.1) is 0 Å². The minimum Gasteiger partial charge on any atom is -0.376 e. The highest BCUT2D eigenvalue weighted by Crippen LogP contribution is 2.42. The number of likely N-dealkylation sites (N-methyl/N-ethyl adjacent to an activating group) is 1. The summed E-state index contributed by atoms with van der Waals surface area (Å²) in [5.74, 6) is 0.929. The predicted octanol–water partition coefficient (Wildman–Crippen LogP) is 5.94. The second-order valence-electron chi connectivity index (χ2n) is 11.6. The molecule has 2 unspecified atom stereocenters. The van der Waals surface area contributed by atoms with Crippen molar-refractivity contribution in [3.05, 3.63) is 59.8 Å². The number of allylic oxidation sites excluding steroid dienone is 4. The van der Waals surface area contributed by atoms with E-state index in [1.807, 2.05) is 6.07 Å². The summed E-state index contributed by atoms with van der Waals surface area (Å²) in [7, 11) is 2.27. The quantitative estimate of drug-likeness (QED) is 0.396. The van der Waals surface area contributed by atoms with Crippen LogP contribution in [0.2, 0.25) is 0 Å². The molecule has 1 aromatic rings. The van der Waals surface area contributed by atoms with Crippen LogP contribution in [0.3, 0.4) is 0 Å². The molecule has 1 heterocycles. The monoisotopic (exact) mass is 476 g/mol. The molecule has 0 radical (unpaired) electrons. The van der Waals surface area contributed by atoms with E-state index < -0.39 is 0 Å². The Morgan fingerprint density at radius 3 is 2.23 bits per heavy atom. The molecule has 1 aliphatic carbocycles. The number of nitrogens with zero attached hydrogens (tertiary/aromatic N) is 4. The van der Waals surface area contributed by atoms with E-state index in [9.17, 15) is 5.26 Å². The second-order valence-corrected chi connectivity index (χ2v) is 11.6. The van der Waals surface area contributed by atoms with E-state index >= 15 is 0 Å². The van der Waals surface area contributed by atoms with Crippen molar-refractivity contribution in [3.63, 3.8) is 0 Å². The molecule has 4 heteroatoms. The zero-order valence-corrected chi connectivity index (χ0v) is 23.1. The Labute approximate surface area is 215 Å². The number of hydrogen-bond donors (Lipinski definition) is 0. The molecule has 0 aromatic heterocycles. The Balaban J connectivity index is 1.44. The van der Waals surface area contributed by atoms with Crippen molar-refractivity contribution in [2.45, 2.75) is 59.3 Å². The fourth-order valence-electron chi connectivity index (χ4n) is 5.84. The molecule has 1 aromatic carbocycles. The average molecular weight is 477 g/mol. The summed E-state index contributed by atoms with van der Waals surface area (Å²) < 4.78 is 0. The fourth-order valence-corrected chi connectivity index (χ4v) is 5.84. The summed E-state index contributed by atoms with van der Waals surface area (Å²) in [6.07, 6.45) is 10.0. The zero-order valence-electron chi connectivity index (χ0n) is 23.1.